The van der Waals surface area contributed by atoms with Crippen LogP contribution in [0.15, 0.2) is 18.2 Å². The van der Waals surface area contributed by atoms with Crippen LogP contribution in [0, 0.1) is 12.7 Å². The number of hydrogen-bond donors (Lipinski definition) is 2. The zero-order chi connectivity index (χ0) is 12.4. The van der Waals surface area contributed by atoms with E-state index in [0.717, 1.165) is 24.8 Å². The van der Waals surface area contributed by atoms with Crippen molar-refractivity contribution in [1.82, 2.24) is 5.32 Å². The minimum atomic E-state index is -0.383. The molecule has 1 aromatic rings. The van der Waals surface area contributed by atoms with Crippen molar-refractivity contribution >= 4 is 5.91 Å². The molecule has 1 aliphatic carbocycles. The lowest BCUT2D eigenvalue weighted by atomic mass is 10.1. The quantitative estimate of drug-likeness (QED) is 0.821. The third-order valence-electron chi connectivity index (χ3n) is 3.19. The summed E-state index contributed by atoms with van der Waals surface area (Å²) in [4.78, 5) is 11.9. The highest BCUT2D eigenvalue weighted by Crippen LogP contribution is 2.18. The van der Waals surface area contributed by atoms with Crippen molar-refractivity contribution in [3.8, 4) is 0 Å². The minimum Gasteiger partial charge on any atom is -0.348 e. The van der Waals surface area contributed by atoms with Crippen molar-refractivity contribution < 1.29 is 9.18 Å². The fourth-order valence-corrected chi connectivity index (χ4v) is 2.29. The van der Waals surface area contributed by atoms with Crippen molar-refractivity contribution in [3.05, 3.63) is 35.1 Å². The Kier molecular flexibility index (Phi) is 3.43. The van der Waals surface area contributed by atoms with Gasteiger partial charge in [-0.05, 0) is 49.9 Å². The van der Waals surface area contributed by atoms with Gasteiger partial charge in [0.15, 0.2) is 0 Å². The van der Waals surface area contributed by atoms with Gasteiger partial charge in [-0.3, -0.25) is 4.79 Å². The van der Waals surface area contributed by atoms with Crippen molar-refractivity contribution in [2.24, 2.45) is 5.73 Å². The van der Waals surface area contributed by atoms with Crippen molar-refractivity contribution in [3.63, 3.8) is 0 Å². The minimum absolute atomic E-state index is 0.0195. The molecule has 17 heavy (non-hydrogen) atoms. The van der Waals surface area contributed by atoms with Gasteiger partial charge in [-0.15, -0.1) is 0 Å². The van der Waals surface area contributed by atoms with Crippen LogP contribution in [0.1, 0.15) is 35.2 Å². The van der Waals surface area contributed by atoms with Crippen molar-refractivity contribution in [1.29, 1.82) is 0 Å². The predicted molar refractivity (Wildman–Crippen MR) is 64.2 cm³/mol. The maximum absolute atomic E-state index is 13.2. The Morgan fingerprint density at radius 1 is 1.41 bits per heavy atom. The second-order valence-corrected chi connectivity index (χ2v) is 4.69. The molecule has 0 heterocycles. The first kappa shape index (κ1) is 12.0. The van der Waals surface area contributed by atoms with Crippen LogP contribution >= 0.6 is 0 Å². The Labute approximate surface area is 100 Å². The number of benzene rings is 1. The number of aryl methyl sites for hydroxylation is 1. The van der Waals surface area contributed by atoms with E-state index in [2.05, 4.69) is 5.32 Å². The van der Waals surface area contributed by atoms with E-state index in [-0.39, 0.29) is 23.8 Å². The lowest BCUT2D eigenvalue weighted by Gasteiger charge is -2.17. The maximum atomic E-state index is 13.2. The highest BCUT2D eigenvalue weighted by molar-refractivity contribution is 5.94. The molecule has 3 nitrogen and oxygen atoms in total. The van der Waals surface area contributed by atoms with Gasteiger partial charge < -0.3 is 11.1 Å². The van der Waals surface area contributed by atoms with Gasteiger partial charge in [0, 0.05) is 17.6 Å². The van der Waals surface area contributed by atoms with Gasteiger partial charge >= 0.3 is 0 Å². The smallest absolute Gasteiger partial charge is 0.251 e. The van der Waals surface area contributed by atoms with E-state index >= 15 is 0 Å². The standard InChI is InChI=1S/C13H17FN2O/c1-8-5-9(7-10(14)6-8)13(17)16-12-4-2-3-11(12)15/h5-7,11-12H,2-4,15H2,1H3,(H,16,17). The lowest BCUT2D eigenvalue weighted by molar-refractivity contribution is 0.0934. The SMILES string of the molecule is Cc1cc(F)cc(C(=O)NC2CCCC2N)c1. The molecular weight excluding hydrogens is 219 g/mol. The Morgan fingerprint density at radius 2 is 2.18 bits per heavy atom. The highest BCUT2D eigenvalue weighted by atomic mass is 19.1. The molecule has 0 aliphatic heterocycles. The predicted octanol–water partition coefficient (Wildman–Crippen LogP) is 1.74. The zero-order valence-electron chi connectivity index (χ0n) is 9.87. The van der Waals surface area contributed by atoms with Crippen molar-refractivity contribution in [2.45, 2.75) is 38.3 Å². The number of nitrogens with one attached hydrogen (secondary N) is 1. The third-order valence-corrected chi connectivity index (χ3v) is 3.19. The molecular formula is C13H17FN2O. The Bertz CT molecular complexity index is 413. The number of carbonyl (C=O) groups is 1. The first-order chi connectivity index (χ1) is 8.06. The topological polar surface area (TPSA) is 55.1 Å². The summed E-state index contributed by atoms with van der Waals surface area (Å²) in [6.07, 6.45) is 2.88. The van der Waals surface area contributed by atoms with Gasteiger partial charge in [0.1, 0.15) is 5.82 Å². The second kappa shape index (κ2) is 4.84. The van der Waals surface area contributed by atoms with E-state index in [1.54, 1.807) is 13.0 Å². The van der Waals surface area contributed by atoms with E-state index in [9.17, 15) is 9.18 Å². The summed E-state index contributed by atoms with van der Waals surface area (Å²) in [5.41, 5.74) is 6.98. The van der Waals surface area contributed by atoms with E-state index in [4.69, 9.17) is 5.73 Å². The van der Waals surface area contributed by atoms with Gasteiger partial charge in [0.05, 0.1) is 0 Å². The fourth-order valence-electron chi connectivity index (χ4n) is 2.29. The van der Waals surface area contributed by atoms with Crippen LogP contribution in [0.2, 0.25) is 0 Å². The molecule has 1 fully saturated rings. The van der Waals surface area contributed by atoms with E-state index in [1.165, 1.54) is 12.1 Å². The number of rotatable bonds is 2. The number of nitrogens with two attached hydrogens (primary N) is 1. The summed E-state index contributed by atoms with van der Waals surface area (Å²) in [7, 11) is 0. The summed E-state index contributed by atoms with van der Waals surface area (Å²) >= 11 is 0. The molecule has 92 valence electrons. The first-order valence-electron chi connectivity index (χ1n) is 5.90. The third kappa shape index (κ3) is 2.82. The molecule has 0 aromatic heterocycles. The molecule has 2 unspecified atom stereocenters. The number of halogens is 1. The van der Waals surface area contributed by atoms with Crippen molar-refractivity contribution in [2.75, 3.05) is 0 Å². The monoisotopic (exact) mass is 236 g/mol. The molecule has 0 radical (unpaired) electrons. The van der Waals surface area contributed by atoms with Crippen LogP contribution in [-0.2, 0) is 0 Å². The molecule has 1 aromatic carbocycles. The zero-order valence-corrected chi connectivity index (χ0v) is 9.87. The second-order valence-electron chi connectivity index (χ2n) is 4.69. The van der Waals surface area contributed by atoms with Gasteiger partial charge in [0.2, 0.25) is 0 Å². The fraction of sp³-hybridized carbons (Fsp3) is 0.462. The Hall–Kier alpha value is -1.42. The van der Waals surface area contributed by atoms with E-state index in [1.807, 2.05) is 0 Å². The highest BCUT2D eigenvalue weighted by Gasteiger charge is 2.25. The molecule has 3 N–H and O–H groups in total. The molecule has 1 aliphatic rings. The van der Waals surface area contributed by atoms with Crippen LogP contribution < -0.4 is 11.1 Å². The average Bonchev–Trinajstić information content (AvgIpc) is 2.63. The number of hydrogen-bond acceptors (Lipinski definition) is 2. The van der Waals surface area contributed by atoms with E-state index < -0.39 is 0 Å². The molecule has 2 rings (SSSR count). The molecule has 2 atom stereocenters. The molecule has 0 saturated heterocycles. The first-order valence-corrected chi connectivity index (χ1v) is 5.90. The summed E-state index contributed by atoms with van der Waals surface area (Å²) in [5, 5.41) is 2.87. The van der Waals surface area contributed by atoms with Gasteiger partial charge in [0.25, 0.3) is 5.91 Å². The molecule has 0 spiro atoms. The normalized spacial score (nSPS) is 23.7. The summed E-state index contributed by atoms with van der Waals surface area (Å²) in [6.45, 7) is 1.77. The lowest BCUT2D eigenvalue weighted by Crippen LogP contribution is -2.44. The summed E-state index contributed by atoms with van der Waals surface area (Å²) in [5.74, 6) is -0.624. The Balaban J connectivity index is 2.09. The van der Waals surface area contributed by atoms with Gasteiger partial charge in [-0.1, -0.05) is 0 Å². The number of amides is 1. The molecule has 0 bridgehead atoms. The van der Waals surface area contributed by atoms with E-state index in [0.29, 0.717) is 5.56 Å². The van der Waals surface area contributed by atoms with Gasteiger partial charge in [-0.2, -0.15) is 0 Å². The molecule has 1 saturated carbocycles. The van der Waals surface area contributed by atoms with Crippen LogP contribution in [-0.4, -0.2) is 18.0 Å². The Morgan fingerprint density at radius 3 is 2.76 bits per heavy atom. The summed E-state index contributed by atoms with van der Waals surface area (Å²) in [6, 6.07) is 4.37. The van der Waals surface area contributed by atoms with Crippen LogP contribution in [0.5, 0.6) is 0 Å². The van der Waals surface area contributed by atoms with Crippen LogP contribution in [0.25, 0.3) is 0 Å². The largest absolute Gasteiger partial charge is 0.348 e. The van der Waals surface area contributed by atoms with Crippen LogP contribution in [0.3, 0.4) is 0 Å². The number of carbonyl (C=O) groups excluding carboxylic acids is 1. The van der Waals surface area contributed by atoms with Gasteiger partial charge in [-0.25, -0.2) is 4.39 Å². The average molecular weight is 236 g/mol. The summed E-state index contributed by atoms with van der Waals surface area (Å²) < 4.78 is 13.2. The maximum Gasteiger partial charge on any atom is 0.251 e. The van der Waals surface area contributed by atoms with Crippen LogP contribution in [0.4, 0.5) is 4.39 Å². The molecule has 1 amide bonds. The molecule has 4 heteroatoms.